The van der Waals surface area contributed by atoms with E-state index < -0.39 is 21.4 Å². The number of aromatic nitrogens is 2. The number of rotatable bonds is 5. The third kappa shape index (κ3) is 2.37. The molecule has 0 radical (unpaired) electrons. The minimum atomic E-state index is -3.64. The zero-order valence-electron chi connectivity index (χ0n) is 10.7. The summed E-state index contributed by atoms with van der Waals surface area (Å²) in [6.45, 7) is 2.17. The number of carbonyl (C=O) groups is 1. The van der Waals surface area contributed by atoms with E-state index in [1.807, 2.05) is 6.92 Å². The minimum Gasteiger partial charge on any atom is -0.481 e. The molecular weight excluding hydrogens is 270 g/mol. The largest absolute Gasteiger partial charge is 0.481 e. The van der Waals surface area contributed by atoms with Crippen LogP contribution < -0.4 is 0 Å². The number of carboxylic acids is 1. The molecule has 2 N–H and O–H groups in total. The average Bonchev–Trinajstić information content (AvgIpc) is 2.99. The van der Waals surface area contributed by atoms with Gasteiger partial charge in [0.25, 0.3) is 0 Å². The maximum atomic E-state index is 12.3. The number of carboxylic acid groups (broad SMARTS) is 1. The molecule has 1 unspecified atom stereocenters. The Morgan fingerprint density at radius 2 is 2.37 bits per heavy atom. The van der Waals surface area contributed by atoms with Crippen LogP contribution in [0, 0.1) is 5.41 Å². The molecular formula is C11H17N3O4S. The number of sulfonamides is 1. The van der Waals surface area contributed by atoms with Crippen LogP contribution in [-0.2, 0) is 14.8 Å². The van der Waals surface area contributed by atoms with Gasteiger partial charge in [0.15, 0.2) is 0 Å². The monoisotopic (exact) mass is 287 g/mol. The second-order valence-electron chi connectivity index (χ2n) is 4.86. The van der Waals surface area contributed by atoms with E-state index in [0.717, 1.165) is 0 Å². The van der Waals surface area contributed by atoms with Gasteiger partial charge in [-0.25, -0.2) is 8.42 Å². The van der Waals surface area contributed by atoms with E-state index in [-0.39, 0.29) is 18.0 Å². The lowest BCUT2D eigenvalue weighted by molar-refractivity contribution is -0.148. The summed E-state index contributed by atoms with van der Waals surface area (Å²) < 4.78 is 25.8. The molecule has 0 amide bonds. The SMILES string of the molecule is CCCC1(C(=O)O)CCN(S(=O)(=O)c2cn[nH]c2)C1. The quantitative estimate of drug-likeness (QED) is 0.828. The van der Waals surface area contributed by atoms with Crippen LogP contribution in [0.2, 0.25) is 0 Å². The van der Waals surface area contributed by atoms with Gasteiger partial charge in [0.05, 0.1) is 11.6 Å². The lowest BCUT2D eigenvalue weighted by Gasteiger charge is -2.23. The van der Waals surface area contributed by atoms with Crippen LogP contribution in [0.4, 0.5) is 0 Å². The van der Waals surface area contributed by atoms with Gasteiger partial charge in [0.1, 0.15) is 4.90 Å². The molecule has 1 atom stereocenters. The van der Waals surface area contributed by atoms with Crippen molar-refractivity contribution in [2.24, 2.45) is 5.41 Å². The summed E-state index contributed by atoms with van der Waals surface area (Å²) >= 11 is 0. The molecule has 1 saturated heterocycles. The molecule has 8 heteroatoms. The third-order valence-corrected chi connectivity index (χ3v) is 5.42. The standard InChI is InChI=1S/C11H17N3O4S/c1-2-3-11(10(15)16)4-5-14(8-11)19(17,18)9-6-12-13-7-9/h6-7H,2-5,8H2,1H3,(H,12,13)(H,15,16). The Morgan fingerprint density at radius 1 is 1.63 bits per heavy atom. The molecule has 0 spiro atoms. The van der Waals surface area contributed by atoms with E-state index in [0.29, 0.717) is 19.3 Å². The molecule has 0 bridgehead atoms. The van der Waals surface area contributed by atoms with Gasteiger partial charge in [0.2, 0.25) is 10.0 Å². The topological polar surface area (TPSA) is 103 Å². The maximum absolute atomic E-state index is 12.3. The summed E-state index contributed by atoms with van der Waals surface area (Å²) in [5.41, 5.74) is -0.953. The van der Waals surface area contributed by atoms with Crippen molar-refractivity contribution in [1.82, 2.24) is 14.5 Å². The van der Waals surface area contributed by atoms with Crippen molar-refractivity contribution in [2.45, 2.75) is 31.1 Å². The molecule has 0 aromatic carbocycles. The molecule has 0 aliphatic carbocycles. The van der Waals surface area contributed by atoms with Crippen molar-refractivity contribution < 1.29 is 18.3 Å². The van der Waals surface area contributed by atoms with Gasteiger partial charge < -0.3 is 5.11 Å². The smallest absolute Gasteiger partial charge is 0.311 e. The Labute approximate surface area is 111 Å². The fourth-order valence-electron chi connectivity index (χ4n) is 2.53. The summed E-state index contributed by atoms with van der Waals surface area (Å²) in [5.74, 6) is -0.917. The Morgan fingerprint density at radius 3 is 2.89 bits per heavy atom. The van der Waals surface area contributed by atoms with Gasteiger partial charge in [-0.15, -0.1) is 0 Å². The van der Waals surface area contributed by atoms with E-state index in [2.05, 4.69) is 10.2 Å². The van der Waals surface area contributed by atoms with Gasteiger partial charge in [0, 0.05) is 19.3 Å². The van der Waals surface area contributed by atoms with Crippen molar-refractivity contribution in [3.8, 4) is 0 Å². The first-order chi connectivity index (χ1) is 8.92. The van der Waals surface area contributed by atoms with Crippen molar-refractivity contribution in [2.75, 3.05) is 13.1 Å². The van der Waals surface area contributed by atoms with Crippen molar-refractivity contribution in [3.05, 3.63) is 12.4 Å². The summed E-state index contributed by atoms with van der Waals surface area (Å²) in [6.07, 6.45) is 4.09. The molecule has 106 valence electrons. The van der Waals surface area contributed by atoms with Crippen molar-refractivity contribution >= 4 is 16.0 Å². The third-order valence-electron chi connectivity index (χ3n) is 3.61. The Hall–Kier alpha value is -1.41. The van der Waals surface area contributed by atoms with Crippen LogP contribution in [0.1, 0.15) is 26.2 Å². The van der Waals surface area contributed by atoms with Gasteiger partial charge in [-0.1, -0.05) is 13.3 Å². The van der Waals surface area contributed by atoms with Crippen molar-refractivity contribution in [3.63, 3.8) is 0 Å². The number of hydrogen-bond acceptors (Lipinski definition) is 4. The van der Waals surface area contributed by atoms with Gasteiger partial charge >= 0.3 is 5.97 Å². The minimum absolute atomic E-state index is 0.0314. The number of aliphatic carboxylic acids is 1. The fourth-order valence-corrected chi connectivity index (χ4v) is 3.97. The lowest BCUT2D eigenvalue weighted by Crippen LogP contribution is -2.36. The van der Waals surface area contributed by atoms with Crippen LogP contribution in [0.5, 0.6) is 0 Å². The molecule has 1 aromatic heterocycles. The van der Waals surface area contributed by atoms with Gasteiger partial charge in [-0.05, 0) is 12.8 Å². The highest BCUT2D eigenvalue weighted by Gasteiger charge is 2.47. The van der Waals surface area contributed by atoms with Crippen LogP contribution in [0.3, 0.4) is 0 Å². The predicted molar refractivity (Wildman–Crippen MR) is 66.9 cm³/mol. The van der Waals surface area contributed by atoms with E-state index in [4.69, 9.17) is 0 Å². The zero-order valence-corrected chi connectivity index (χ0v) is 11.5. The first-order valence-electron chi connectivity index (χ1n) is 6.15. The fraction of sp³-hybridized carbons (Fsp3) is 0.636. The number of aromatic amines is 1. The first kappa shape index (κ1) is 14.0. The van der Waals surface area contributed by atoms with Crippen LogP contribution in [-0.4, -0.2) is 47.1 Å². The van der Waals surface area contributed by atoms with E-state index >= 15 is 0 Å². The second kappa shape index (κ2) is 4.93. The summed E-state index contributed by atoms with van der Waals surface area (Å²) in [4.78, 5) is 11.5. The van der Waals surface area contributed by atoms with E-state index in [9.17, 15) is 18.3 Å². The Bertz CT molecular complexity index is 555. The number of nitrogens with one attached hydrogen (secondary N) is 1. The zero-order chi connectivity index (χ0) is 14.1. The number of hydrogen-bond donors (Lipinski definition) is 2. The van der Waals surface area contributed by atoms with Gasteiger partial charge in [-0.3, -0.25) is 9.89 Å². The van der Waals surface area contributed by atoms with Crippen LogP contribution in [0.25, 0.3) is 0 Å². The summed E-state index contributed by atoms with van der Waals surface area (Å²) in [5, 5.41) is 15.4. The van der Waals surface area contributed by atoms with Crippen molar-refractivity contribution in [1.29, 1.82) is 0 Å². The highest BCUT2D eigenvalue weighted by molar-refractivity contribution is 7.89. The molecule has 0 saturated carbocycles. The average molecular weight is 287 g/mol. The molecule has 1 fully saturated rings. The van der Waals surface area contributed by atoms with Crippen LogP contribution >= 0.6 is 0 Å². The number of nitrogens with zero attached hydrogens (tertiary/aromatic N) is 2. The highest BCUT2D eigenvalue weighted by Crippen LogP contribution is 2.37. The second-order valence-corrected chi connectivity index (χ2v) is 6.80. The first-order valence-corrected chi connectivity index (χ1v) is 7.59. The van der Waals surface area contributed by atoms with Gasteiger partial charge in [-0.2, -0.15) is 9.40 Å². The van der Waals surface area contributed by atoms with E-state index in [1.165, 1.54) is 16.7 Å². The Balaban J connectivity index is 2.25. The Kier molecular flexibility index (Phi) is 3.64. The molecule has 1 aliphatic heterocycles. The molecule has 1 aliphatic rings. The summed E-state index contributed by atoms with van der Waals surface area (Å²) in [6, 6.07) is 0. The molecule has 2 heterocycles. The predicted octanol–water partition coefficient (Wildman–Crippen LogP) is 0.675. The normalized spacial score (nSPS) is 24.7. The highest BCUT2D eigenvalue weighted by atomic mass is 32.2. The lowest BCUT2D eigenvalue weighted by atomic mass is 9.83. The summed E-state index contributed by atoms with van der Waals surface area (Å²) in [7, 11) is -3.64. The molecule has 2 rings (SSSR count). The molecule has 7 nitrogen and oxygen atoms in total. The molecule has 19 heavy (non-hydrogen) atoms. The number of H-pyrrole nitrogens is 1. The van der Waals surface area contributed by atoms with Crippen LogP contribution in [0.15, 0.2) is 17.3 Å². The molecule has 1 aromatic rings. The van der Waals surface area contributed by atoms with E-state index in [1.54, 1.807) is 0 Å². The maximum Gasteiger partial charge on any atom is 0.311 e.